The van der Waals surface area contributed by atoms with E-state index in [0.29, 0.717) is 24.3 Å². The van der Waals surface area contributed by atoms with Crippen LogP contribution in [-0.4, -0.2) is 34.5 Å². The Labute approximate surface area is 139 Å². The molecule has 2 heterocycles. The van der Waals surface area contributed by atoms with E-state index in [9.17, 15) is 9.59 Å². The highest BCUT2D eigenvalue weighted by atomic mass is 16.2. The van der Waals surface area contributed by atoms with Gasteiger partial charge in [-0.1, -0.05) is 24.3 Å². The molecule has 0 fully saturated rings. The average molecular weight is 322 g/mol. The van der Waals surface area contributed by atoms with Crippen molar-refractivity contribution in [2.75, 3.05) is 13.1 Å². The number of hydrogen-bond acceptors (Lipinski definition) is 3. The Morgan fingerprint density at radius 1 is 1.00 bits per heavy atom. The van der Waals surface area contributed by atoms with Crippen molar-refractivity contribution >= 4 is 22.7 Å². The standard InChI is InChI=1S/C18H18N4O2/c1-22-12-14(13-6-2-3-8-16(13)22)17(23)20-10-11-21-18(24)15-7-4-5-9-19-15/h2-9,12H,10-11H2,1H3,(H,20,23)(H,21,24). The van der Waals surface area contributed by atoms with Gasteiger partial charge < -0.3 is 15.2 Å². The fourth-order valence-corrected chi connectivity index (χ4v) is 2.56. The maximum Gasteiger partial charge on any atom is 0.269 e. The van der Waals surface area contributed by atoms with E-state index in [0.717, 1.165) is 10.9 Å². The van der Waals surface area contributed by atoms with Crippen LogP contribution in [0, 0.1) is 0 Å². The summed E-state index contributed by atoms with van der Waals surface area (Å²) in [7, 11) is 1.91. The quantitative estimate of drug-likeness (QED) is 0.703. The lowest BCUT2D eigenvalue weighted by molar-refractivity contribution is 0.0926. The Balaban J connectivity index is 1.55. The summed E-state index contributed by atoms with van der Waals surface area (Å²) in [6.07, 6.45) is 3.38. The van der Waals surface area contributed by atoms with Gasteiger partial charge in [0.15, 0.2) is 0 Å². The number of pyridine rings is 1. The van der Waals surface area contributed by atoms with E-state index >= 15 is 0 Å². The van der Waals surface area contributed by atoms with Crippen LogP contribution in [0.2, 0.25) is 0 Å². The summed E-state index contributed by atoms with van der Waals surface area (Å²) in [5.41, 5.74) is 1.99. The van der Waals surface area contributed by atoms with Gasteiger partial charge in [0, 0.05) is 43.4 Å². The number of rotatable bonds is 5. The first-order valence-corrected chi connectivity index (χ1v) is 7.68. The van der Waals surface area contributed by atoms with Crippen LogP contribution in [0.3, 0.4) is 0 Å². The number of carbonyl (C=O) groups excluding carboxylic acids is 2. The number of hydrogen-bond donors (Lipinski definition) is 2. The maximum atomic E-state index is 12.3. The van der Waals surface area contributed by atoms with E-state index in [4.69, 9.17) is 0 Å². The zero-order valence-electron chi connectivity index (χ0n) is 13.3. The van der Waals surface area contributed by atoms with Crippen molar-refractivity contribution < 1.29 is 9.59 Å². The lowest BCUT2D eigenvalue weighted by atomic mass is 10.1. The maximum absolute atomic E-state index is 12.3. The molecule has 2 N–H and O–H groups in total. The highest BCUT2D eigenvalue weighted by Gasteiger charge is 2.13. The number of amides is 2. The normalized spacial score (nSPS) is 10.5. The molecule has 0 radical (unpaired) electrons. The molecule has 0 unspecified atom stereocenters. The molecule has 1 aromatic carbocycles. The molecule has 2 amide bonds. The van der Waals surface area contributed by atoms with Gasteiger partial charge in [0.2, 0.25) is 0 Å². The second kappa shape index (κ2) is 6.95. The third kappa shape index (κ3) is 3.27. The summed E-state index contributed by atoms with van der Waals surface area (Å²) in [6.45, 7) is 0.687. The molecule has 0 atom stereocenters. The van der Waals surface area contributed by atoms with Crippen LogP contribution < -0.4 is 10.6 Å². The molecule has 3 aromatic rings. The van der Waals surface area contributed by atoms with Gasteiger partial charge in [0.1, 0.15) is 5.69 Å². The molecule has 0 saturated heterocycles. The number of para-hydroxylation sites is 1. The lowest BCUT2D eigenvalue weighted by Crippen LogP contribution is -2.34. The molecule has 0 aliphatic rings. The minimum absolute atomic E-state index is 0.154. The monoisotopic (exact) mass is 322 g/mol. The topological polar surface area (TPSA) is 76.0 Å². The van der Waals surface area contributed by atoms with E-state index in [1.54, 1.807) is 24.4 Å². The zero-order chi connectivity index (χ0) is 16.9. The summed E-state index contributed by atoms with van der Waals surface area (Å²) in [5.74, 6) is -0.408. The summed E-state index contributed by atoms with van der Waals surface area (Å²) < 4.78 is 1.92. The van der Waals surface area contributed by atoms with Crippen molar-refractivity contribution in [1.82, 2.24) is 20.2 Å². The van der Waals surface area contributed by atoms with Gasteiger partial charge in [0.25, 0.3) is 11.8 Å². The van der Waals surface area contributed by atoms with Gasteiger partial charge >= 0.3 is 0 Å². The van der Waals surface area contributed by atoms with Crippen LogP contribution in [0.4, 0.5) is 0 Å². The van der Waals surface area contributed by atoms with Crippen LogP contribution >= 0.6 is 0 Å². The number of aromatic nitrogens is 2. The first-order valence-electron chi connectivity index (χ1n) is 7.68. The molecule has 0 bridgehead atoms. The summed E-state index contributed by atoms with van der Waals surface area (Å²) >= 11 is 0. The predicted molar refractivity (Wildman–Crippen MR) is 91.8 cm³/mol. The molecule has 6 nitrogen and oxygen atoms in total. The second-order valence-electron chi connectivity index (χ2n) is 5.40. The third-order valence-electron chi connectivity index (χ3n) is 3.74. The lowest BCUT2D eigenvalue weighted by Gasteiger charge is -2.06. The van der Waals surface area contributed by atoms with Crippen LogP contribution in [-0.2, 0) is 7.05 Å². The molecule has 3 rings (SSSR count). The first-order chi connectivity index (χ1) is 11.7. The van der Waals surface area contributed by atoms with Gasteiger partial charge in [-0.15, -0.1) is 0 Å². The minimum Gasteiger partial charge on any atom is -0.350 e. The van der Waals surface area contributed by atoms with Crippen LogP contribution in [0.1, 0.15) is 20.8 Å². The molecule has 24 heavy (non-hydrogen) atoms. The molecule has 0 aliphatic carbocycles. The molecule has 6 heteroatoms. The molecular formula is C18H18N4O2. The Morgan fingerprint density at radius 2 is 1.71 bits per heavy atom. The Morgan fingerprint density at radius 3 is 2.46 bits per heavy atom. The van der Waals surface area contributed by atoms with E-state index in [1.807, 2.05) is 42.1 Å². The van der Waals surface area contributed by atoms with Gasteiger partial charge in [-0.25, -0.2) is 0 Å². The van der Waals surface area contributed by atoms with Gasteiger partial charge in [-0.2, -0.15) is 0 Å². The Bertz CT molecular complexity index is 871. The SMILES string of the molecule is Cn1cc(C(=O)NCCNC(=O)c2ccccn2)c2ccccc21. The first kappa shape index (κ1) is 15.7. The van der Waals surface area contributed by atoms with Crippen LogP contribution in [0.5, 0.6) is 0 Å². The van der Waals surface area contributed by atoms with Crippen molar-refractivity contribution in [3.05, 3.63) is 66.1 Å². The minimum atomic E-state index is -0.255. The number of aryl methyl sites for hydroxylation is 1. The van der Waals surface area contributed by atoms with Gasteiger partial charge in [0.05, 0.1) is 5.56 Å². The molecule has 0 spiro atoms. The van der Waals surface area contributed by atoms with E-state index in [-0.39, 0.29) is 11.8 Å². The van der Waals surface area contributed by atoms with Gasteiger partial charge in [-0.3, -0.25) is 14.6 Å². The van der Waals surface area contributed by atoms with Crippen molar-refractivity contribution in [1.29, 1.82) is 0 Å². The fraction of sp³-hybridized carbons (Fsp3) is 0.167. The molecule has 2 aromatic heterocycles. The average Bonchev–Trinajstić information content (AvgIpc) is 2.96. The highest BCUT2D eigenvalue weighted by molar-refractivity contribution is 6.07. The van der Waals surface area contributed by atoms with E-state index < -0.39 is 0 Å². The largest absolute Gasteiger partial charge is 0.350 e. The Kier molecular flexibility index (Phi) is 4.56. The number of nitrogens with zero attached hydrogens (tertiary/aromatic N) is 2. The van der Waals surface area contributed by atoms with Crippen LogP contribution in [0.25, 0.3) is 10.9 Å². The summed E-state index contributed by atoms with van der Waals surface area (Å²) in [6, 6.07) is 12.9. The molecule has 122 valence electrons. The number of fused-ring (bicyclic) bond motifs is 1. The van der Waals surface area contributed by atoms with E-state index in [1.165, 1.54) is 0 Å². The molecular weight excluding hydrogens is 304 g/mol. The molecule has 0 aliphatic heterocycles. The van der Waals surface area contributed by atoms with Crippen molar-refractivity contribution in [3.8, 4) is 0 Å². The van der Waals surface area contributed by atoms with Crippen molar-refractivity contribution in [2.24, 2.45) is 7.05 Å². The van der Waals surface area contributed by atoms with Gasteiger partial charge in [-0.05, 0) is 18.2 Å². The van der Waals surface area contributed by atoms with E-state index in [2.05, 4.69) is 15.6 Å². The Hall–Kier alpha value is -3.15. The summed E-state index contributed by atoms with van der Waals surface area (Å²) in [5, 5.41) is 6.46. The summed E-state index contributed by atoms with van der Waals surface area (Å²) in [4.78, 5) is 28.2. The van der Waals surface area contributed by atoms with Crippen molar-refractivity contribution in [2.45, 2.75) is 0 Å². The number of carbonyl (C=O) groups is 2. The van der Waals surface area contributed by atoms with Crippen LogP contribution in [0.15, 0.2) is 54.9 Å². The predicted octanol–water partition coefficient (Wildman–Crippen LogP) is 1.73. The molecule has 0 saturated carbocycles. The third-order valence-corrected chi connectivity index (χ3v) is 3.74. The van der Waals surface area contributed by atoms with Crippen molar-refractivity contribution in [3.63, 3.8) is 0 Å². The highest BCUT2D eigenvalue weighted by Crippen LogP contribution is 2.19. The zero-order valence-corrected chi connectivity index (χ0v) is 13.3. The number of benzene rings is 1. The second-order valence-corrected chi connectivity index (χ2v) is 5.40. The smallest absolute Gasteiger partial charge is 0.269 e. The number of nitrogens with one attached hydrogen (secondary N) is 2. The fourth-order valence-electron chi connectivity index (χ4n) is 2.56.